The van der Waals surface area contributed by atoms with Crippen LogP contribution in [-0.4, -0.2) is 25.8 Å². The van der Waals surface area contributed by atoms with Gasteiger partial charge in [0.05, 0.1) is 4.90 Å². The van der Waals surface area contributed by atoms with E-state index in [9.17, 15) is 8.42 Å². The van der Waals surface area contributed by atoms with Crippen LogP contribution in [0.5, 0.6) is 0 Å². The maximum absolute atomic E-state index is 12.4. The van der Waals surface area contributed by atoms with Crippen molar-refractivity contribution in [3.63, 3.8) is 0 Å². The highest BCUT2D eigenvalue weighted by Gasteiger charge is 2.25. The van der Waals surface area contributed by atoms with Crippen LogP contribution in [0.25, 0.3) is 0 Å². The fraction of sp³-hybridized carbons (Fsp3) is 0.333. The van der Waals surface area contributed by atoms with E-state index in [-0.39, 0.29) is 0 Å². The first-order chi connectivity index (χ1) is 8.01. The molecule has 0 spiro atoms. The SMILES string of the molecule is Cc1cc(N)ccc1S(=O)(=O)N1CC=CCC1. The van der Waals surface area contributed by atoms with Crippen LogP contribution in [0.4, 0.5) is 5.69 Å². The van der Waals surface area contributed by atoms with Gasteiger partial charge >= 0.3 is 0 Å². The Kier molecular flexibility index (Phi) is 3.22. The molecule has 0 bridgehead atoms. The Morgan fingerprint density at radius 1 is 1.29 bits per heavy atom. The lowest BCUT2D eigenvalue weighted by atomic mass is 10.2. The largest absolute Gasteiger partial charge is 0.399 e. The highest BCUT2D eigenvalue weighted by Crippen LogP contribution is 2.23. The van der Waals surface area contributed by atoms with Gasteiger partial charge in [0.25, 0.3) is 0 Å². The number of hydrogen-bond donors (Lipinski definition) is 1. The molecule has 0 saturated carbocycles. The number of benzene rings is 1. The van der Waals surface area contributed by atoms with Gasteiger partial charge in [0.15, 0.2) is 0 Å². The molecule has 5 heteroatoms. The molecule has 0 fully saturated rings. The molecule has 0 aliphatic carbocycles. The van der Waals surface area contributed by atoms with Gasteiger partial charge in [0.2, 0.25) is 10.0 Å². The van der Waals surface area contributed by atoms with E-state index in [0.717, 1.165) is 6.42 Å². The topological polar surface area (TPSA) is 63.4 Å². The molecular formula is C12H16N2O2S. The summed E-state index contributed by atoms with van der Waals surface area (Å²) in [6.45, 7) is 2.76. The predicted molar refractivity (Wildman–Crippen MR) is 68.1 cm³/mol. The third-order valence-electron chi connectivity index (χ3n) is 2.84. The van der Waals surface area contributed by atoms with Crippen molar-refractivity contribution in [2.24, 2.45) is 0 Å². The van der Waals surface area contributed by atoms with Crippen LogP contribution in [0, 0.1) is 6.92 Å². The van der Waals surface area contributed by atoms with Gasteiger partial charge in [-0.3, -0.25) is 0 Å². The highest BCUT2D eigenvalue weighted by molar-refractivity contribution is 7.89. The summed E-state index contributed by atoms with van der Waals surface area (Å²) in [7, 11) is -3.38. The Balaban J connectivity index is 2.40. The van der Waals surface area contributed by atoms with E-state index in [1.165, 1.54) is 4.31 Å². The lowest BCUT2D eigenvalue weighted by Crippen LogP contribution is -2.34. The average Bonchev–Trinajstić information content (AvgIpc) is 2.29. The second kappa shape index (κ2) is 4.50. The molecule has 1 heterocycles. The molecule has 0 unspecified atom stereocenters. The van der Waals surface area contributed by atoms with Crippen LogP contribution in [-0.2, 0) is 10.0 Å². The Morgan fingerprint density at radius 3 is 2.65 bits per heavy atom. The van der Waals surface area contributed by atoms with Crippen molar-refractivity contribution in [2.75, 3.05) is 18.8 Å². The average molecular weight is 252 g/mol. The number of aryl methyl sites for hydroxylation is 1. The standard InChI is InChI=1S/C12H16N2O2S/c1-10-9-11(13)5-6-12(10)17(15,16)14-7-3-2-4-8-14/h2-3,5-6,9H,4,7-8,13H2,1H3. The molecule has 1 aromatic rings. The molecule has 1 aliphatic heterocycles. The van der Waals surface area contributed by atoms with E-state index >= 15 is 0 Å². The fourth-order valence-corrected chi connectivity index (χ4v) is 3.55. The Morgan fingerprint density at radius 2 is 2.06 bits per heavy atom. The zero-order chi connectivity index (χ0) is 12.5. The quantitative estimate of drug-likeness (QED) is 0.641. The lowest BCUT2D eigenvalue weighted by molar-refractivity contribution is 0.437. The van der Waals surface area contributed by atoms with Gasteiger partial charge in [-0.15, -0.1) is 0 Å². The van der Waals surface area contributed by atoms with Crippen molar-refractivity contribution in [2.45, 2.75) is 18.2 Å². The van der Waals surface area contributed by atoms with E-state index < -0.39 is 10.0 Å². The smallest absolute Gasteiger partial charge is 0.243 e. The van der Waals surface area contributed by atoms with E-state index in [0.29, 0.717) is 29.2 Å². The third kappa shape index (κ3) is 2.35. The minimum Gasteiger partial charge on any atom is -0.399 e. The predicted octanol–water partition coefficient (Wildman–Crippen LogP) is 1.53. The fourth-order valence-electron chi connectivity index (χ4n) is 1.94. The molecule has 17 heavy (non-hydrogen) atoms. The van der Waals surface area contributed by atoms with E-state index in [2.05, 4.69) is 0 Å². The number of sulfonamides is 1. The molecule has 2 N–H and O–H groups in total. The van der Waals surface area contributed by atoms with Crippen molar-refractivity contribution in [3.05, 3.63) is 35.9 Å². The number of rotatable bonds is 2. The van der Waals surface area contributed by atoms with Crippen molar-refractivity contribution in [1.29, 1.82) is 0 Å². The first-order valence-corrected chi connectivity index (χ1v) is 6.97. The van der Waals surface area contributed by atoms with Gasteiger partial charge in [-0.2, -0.15) is 4.31 Å². The molecule has 1 aromatic carbocycles. The van der Waals surface area contributed by atoms with Gasteiger partial charge < -0.3 is 5.73 Å². The molecule has 0 amide bonds. The Hall–Kier alpha value is -1.33. The minimum atomic E-state index is -3.38. The third-order valence-corrected chi connectivity index (χ3v) is 4.86. The van der Waals surface area contributed by atoms with Crippen LogP contribution < -0.4 is 5.73 Å². The molecule has 0 aromatic heterocycles. The molecule has 0 atom stereocenters. The van der Waals surface area contributed by atoms with Gasteiger partial charge in [-0.1, -0.05) is 12.2 Å². The summed E-state index contributed by atoms with van der Waals surface area (Å²) in [6.07, 6.45) is 4.66. The summed E-state index contributed by atoms with van der Waals surface area (Å²) in [5.74, 6) is 0. The van der Waals surface area contributed by atoms with Crippen LogP contribution in [0.15, 0.2) is 35.2 Å². The first-order valence-electron chi connectivity index (χ1n) is 5.53. The summed E-state index contributed by atoms with van der Waals surface area (Å²) >= 11 is 0. The van der Waals surface area contributed by atoms with Gasteiger partial charge in [-0.05, 0) is 37.1 Å². The van der Waals surface area contributed by atoms with Crippen LogP contribution >= 0.6 is 0 Å². The van der Waals surface area contributed by atoms with Crippen LogP contribution in [0.1, 0.15) is 12.0 Å². The molecule has 1 aliphatic rings. The Bertz CT molecular complexity index is 550. The number of hydrogen-bond acceptors (Lipinski definition) is 3. The van der Waals surface area contributed by atoms with E-state index in [4.69, 9.17) is 5.73 Å². The van der Waals surface area contributed by atoms with Crippen molar-refractivity contribution < 1.29 is 8.42 Å². The molecule has 0 radical (unpaired) electrons. The Labute approximate surface area is 102 Å². The maximum atomic E-state index is 12.4. The normalized spacial score (nSPS) is 17.2. The van der Waals surface area contributed by atoms with E-state index in [1.54, 1.807) is 25.1 Å². The second-order valence-electron chi connectivity index (χ2n) is 4.15. The van der Waals surface area contributed by atoms with Gasteiger partial charge in [-0.25, -0.2) is 8.42 Å². The molecule has 0 saturated heterocycles. The number of nitrogens with zero attached hydrogens (tertiary/aromatic N) is 1. The summed E-state index contributed by atoms with van der Waals surface area (Å²) in [6, 6.07) is 4.89. The molecule has 2 rings (SSSR count). The number of nitrogens with two attached hydrogens (primary N) is 1. The van der Waals surface area contributed by atoms with Crippen molar-refractivity contribution >= 4 is 15.7 Å². The minimum absolute atomic E-state index is 0.349. The zero-order valence-corrected chi connectivity index (χ0v) is 10.6. The number of nitrogen functional groups attached to an aromatic ring is 1. The summed E-state index contributed by atoms with van der Waals surface area (Å²) < 4.78 is 26.2. The van der Waals surface area contributed by atoms with Crippen molar-refractivity contribution in [1.82, 2.24) is 4.31 Å². The molecule has 92 valence electrons. The van der Waals surface area contributed by atoms with Gasteiger partial charge in [0, 0.05) is 18.8 Å². The van der Waals surface area contributed by atoms with E-state index in [1.807, 2.05) is 12.2 Å². The molecular weight excluding hydrogens is 236 g/mol. The zero-order valence-electron chi connectivity index (χ0n) is 9.76. The van der Waals surface area contributed by atoms with Crippen LogP contribution in [0.2, 0.25) is 0 Å². The van der Waals surface area contributed by atoms with Gasteiger partial charge in [0.1, 0.15) is 0 Å². The maximum Gasteiger partial charge on any atom is 0.243 e. The summed E-state index contributed by atoms with van der Waals surface area (Å²) in [4.78, 5) is 0.349. The molecule has 4 nitrogen and oxygen atoms in total. The first kappa shape index (κ1) is 12.1. The highest BCUT2D eigenvalue weighted by atomic mass is 32.2. The van der Waals surface area contributed by atoms with Crippen LogP contribution in [0.3, 0.4) is 0 Å². The second-order valence-corrected chi connectivity index (χ2v) is 6.05. The monoisotopic (exact) mass is 252 g/mol. The van der Waals surface area contributed by atoms with Crippen molar-refractivity contribution in [3.8, 4) is 0 Å². The lowest BCUT2D eigenvalue weighted by Gasteiger charge is -2.23. The summed E-state index contributed by atoms with van der Waals surface area (Å²) in [5, 5.41) is 0. The number of anilines is 1. The summed E-state index contributed by atoms with van der Waals surface area (Å²) in [5.41, 5.74) is 6.91.